The van der Waals surface area contributed by atoms with Gasteiger partial charge in [0.1, 0.15) is 0 Å². The van der Waals surface area contributed by atoms with Crippen LogP contribution in [0.4, 0.5) is 5.69 Å². The molecule has 1 unspecified atom stereocenters. The van der Waals surface area contributed by atoms with Crippen LogP contribution in [-0.2, 0) is 0 Å². The van der Waals surface area contributed by atoms with Gasteiger partial charge in [0.15, 0.2) is 0 Å². The molecule has 1 aliphatic rings. The molecule has 1 atom stereocenters. The van der Waals surface area contributed by atoms with Crippen LogP contribution in [0.1, 0.15) is 32.6 Å². The van der Waals surface area contributed by atoms with Gasteiger partial charge in [-0.3, -0.25) is 0 Å². The Hall–Kier alpha value is -0.901. The summed E-state index contributed by atoms with van der Waals surface area (Å²) in [6, 6.07) is 6.87. The molecule has 0 saturated carbocycles. The molecule has 3 rings (SSSR count). The van der Waals surface area contributed by atoms with E-state index >= 15 is 0 Å². The fraction of sp³-hybridized carbons (Fsp3) is 0.600. The van der Waals surface area contributed by atoms with Crippen molar-refractivity contribution in [3.8, 4) is 0 Å². The molecule has 1 fully saturated rings. The molecule has 0 spiro atoms. The maximum atomic E-state index is 4.56. The summed E-state index contributed by atoms with van der Waals surface area (Å²) in [5.74, 6) is 0. The van der Waals surface area contributed by atoms with Crippen LogP contribution in [0.5, 0.6) is 0 Å². The zero-order valence-corrected chi connectivity index (χ0v) is 13.7. The van der Waals surface area contributed by atoms with Crippen molar-refractivity contribution in [3.63, 3.8) is 0 Å². The van der Waals surface area contributed by atoms with Crippen LogP contribution in [0, 0.1) is 0 Å². The van der Waals surface area contributed by atoms with E-state index in [0.29, 0.717) is 6.04 Å². The first-order chi connectivity index (χ1) is 9.86. The monoisotopic (exact) mass is 338 g/mol. The number of rotatable bonds is 4. The first-order valence-corrected chi connectivity index (χ1v) is 9.10. The van der Waals surface area contributed by atoms with E-state index in [0.717, 1.165) is 11.0 Å². The van der Waals surface area contributed by atoms with Gasteiger partial charge in [-0.2, -0.15) is 0 Å². The van der Waals surface area contributed by atoms with Gasteiger partial charge in [0.25, 0.3) is 0 Å². The van der Waals surface area contributed by atoms with E-state index in [9.17, 15) is 0 Å². The van der Waals surface area contributed by atoms with Crippen molar-refractivity contribution in [2.75, 3.05) is 25.0 Å². The van der Waals surface area contributed by atoms with Crippen molar-refractivity contribution in [1.82, 2.24) is 12.9 Å². The molecular weight excluding hydrogens is 315 g/mol. The number of nitrogens with zero attached hydrogens (tertiary/aromatic N) is 3. The summed E-state index contributed by atoms with van der Waals surface area (Å²) < 4.78 is 9.01. The van der Waals surface area contributed by atoms with Crippen molar-refractivity contribution >= 4 is 31.7 Å². The van der Waals surface area contributed by atoms with E-state index in [1.807, 2.05) is 0 Å². The summed E-state index contributed by atoms with van der Waals surface area (Å²) >= 11 is 0.0570. The Kier molecular flexibility index (Phi) is 4.71. The van der Waals surface area contributed by atoms with Crippen molar-refractivity contribution in [3.05, 3.63) is 18.2 Å². The summed E-state index contributed by atoms with van der Waals surface area (Å²) in [7, 11) is 0. The van der Waals surface area contributed by atoms with Gasteiger partial charge < -0.3 is 0 Å². The van der Waals surface area contributed by atoms with Crippen LogP contribution in [0.2, 0.25) is 0 Å². The average Bonchev–Trinajstić information content (AvgIpc) is 2.83. The van der Waals surface area contributed by atoms with E-state index < -0.39 is 0 Å². The van der Waals surface area contributed by atoms with Crippen LogP contribution in [0.15, 0.2) is 18.2 Å². The van der Waals surface area contributed by atoms with Crippen molar-refractivity contribution in [1.29, 1.82) is 0 Å². The Labute approximate surface area is 126 Å². The molecule has 5 heteroatoms. The van der Waals surface area contributed by atoms with Gasteiger partial charge in [0.05, 0.1) is 0 Å². The van der Waals surface area contributed by atoms with Crippen LogP contribution in [0.25, 0.3) is 11.0 Å². The molecule has 0 radical (unpaired) electrons. The number of benzene rings is 1. The SMILES string of the molecule is CCCN1CCCC(Nc2cccc3n[se]nc23)CC1. The number of fused-ring (bicyclic) bond motifs is 1. The molecule has 4 nitrogen and oxygen atoms in total. The number of aromatic nitrogens is 2. The molecule has 2 heterocycles. The Bertz CT molecular complexity index is 554. The van der Waals surface area contributed by atoms with Crippen LogP contribution < -0.4 is 5.32 Å². The third-order valence-corrected chi connectivity index (χ3v) is 5.14. The zero-order chi connectivity index (χ0) is 13.8. The van der Waals surface area contributed by atoms with Gasteiger partial charge in [-0.25, -0.2) is 0 Å². The van der Waals surface area contributed by atoms with Crippen LogP contribution in [0.3, 0.4) is 0 Å². The first-order valence-electron chi connectivity index (χ1n) is 7.57. The molecule has 1 aliphatic heterocycles. The van der Waals surface area contributed by atoms with Crippen LogP contribution >= 0.6 is 0 Å². The minimum absolute atomic E-state index is 0.0570. The molecule has 0 aliphatic carbocycles. The van der Waals surface area contributed by atoms with Gasteiger partial charge >= 0.3 is 126 Å². The van der Waals surface area contributed by atoms with E-state index in [1.54, 1.807) is 0 Å². The molecule has 2 aromatic rings. The predicted octanol–water partition coefficient (Wildman–Crippen LogP) is 2.36. The van der Waals surface area contributed by atoms with Crippen molar-refractivity contribution in [2.45, 2.75) is 38.6 Å². The van der Waals surface area contributed by atoms with E-state index in [1.165, 1.54) is 51.0 Å². The quantitative estimate of drug-likeness (QED) is 0.870. The van der Waals surface area contributed by atoms with Gasteiger partial charge in [-0.15, -0.1) is 0 Å². The Balaban J connectivity index is 1.67. The molecule has 1 saturated heterocycles. The predicted molar refractivity (Wildman–Crippen MR) is 84.5 cm³/mol. The van der Waals surface area contributed by atoms with Gasteiger partial charge in [-0.1, -0.05) is 0 Å². The molecule has 1 aromatic carbocycles. The standard InChI is InChI=1S/C15H22N4Se/c1-2-9-19-10-4-5-12(8-11-19)16-13-6-3-7-14-15(13)18-20-17-14/h3,6-7,12,16H,2,4-5,8-11H2,1H3. The normalized spacial score (nSPS) is 20.9. The molecule has 20 heavy (non-hydrogen) atoms. The van der Waals surface area contributed by atoms with E-state index in [2.05, 4.69) is 43.3 Å². The molecular formula is C15H22N4Se. The topological polar surface area (TPSA) is 41.0 Å². The van der Waals surface area contributed by atoms with Gasteiger partial charge in [0, 0.05) is 0 Å². The van der Waals surface area contributed by atoms with Crippen LogP contribution in [-0.4, -0.2) is 53.5 Å². The summed E-state index contributed by atoms with van der Waals surface area (Å²) in [6.07, 6.45) is 5.03. The molecule has 108 valence electrons. The van der Waals surface area contributed by atoms with E-state index in [-0.39, 0.29) is 15.0 Å². The number of hydrogen-bond donors (Lipinski definition) is 1. The summed E-state index contributed by atoms with van der Waals surface area (Å²) in [5.41, 5.74) is 3.33. The fourth-order valence-electron chi connectivity index (χ4n) is 2.98. The number of anilines is 1. The second-order valence-corrected chi connectivity index (χ2v) is 6.66. The van der Waals surface area contributed by atoms with Gasteiger partial charge in [-0.05, 0) is 0 Å². The zero-order valence-electron chi connectivity index (χ0n) is 12.0. The molecule has 0 amide bonds. The second-order valence-electron chi connectivity index (χ2n) is 5.55. The molecule has 0 bridgehead atoms. The fourth-order valence-corrected chi connectivity index (χ4v) is 4.14. The Morgan fingerprint density at radius 1 is 1.30 bits per heavy atom. The van der Waals surface area contributed by atoms with Crippen molar-refractivity contribution < 1.29 is 0 Å². The third kappa shape index (κ3) is 3.22. The maximum absolute atomic E-state index is 4.56. The van der Waals surface area contributed by atoms with Gasteiger partial charge in [0.2, 0.25) is 0 Å². The number of hydrogen-bond acceptors (Lipinski definition) is 4. The number of nitrogens with one attached hydrogen (secondary N) is 1. The average molecular weight is 337 g/mol. The first kappa shape index (κ1) is 14.1. The Morgan fingerprint density at radius 2 is 2.25 bits per heavy atom. The Morgan fingerprint density at radius 3 is 3.15 bits per heavy atom. The summed E-state index contributed by atoms with van der Waals surface area (Å²) in [5, 5.41) is 3.71. The second kappa shape index (κ2) is 6.70. The molecule has 1 aromatic heterocycles. The van der Waals surface area contributed by atoms with E-state index in [4.69, 9.17) is 0 Å². The van der Waals surface area contributed by atoms with Crippen molar-refractivity contribution in [2.24, 2.45) is 0 Å². The minimum atomic E-state index is 0.0570. The third-order valence-electron chi connectivity index (χ3n) is 4.01. The summed E-state index contributed by atoms with van der Waals surface area (Å²) in [6.45, 7) is 5.97. The molecule has 1 N–H and O–H groups in total. The number of likely N-dealkylation sites (tertiary alicyclic amines) is 1. The summed E-state index contributed by atoms with van der Waals surface area (Å²) in [4.78, 5) is 2.60.